The molecule has 3 aromatic rings. The molecular weight excluding hydrogens is 411 g/mol. The summed E-state index contributed by atoms with van der Waals surface area (Å²) in [5.41, 5.74) is 1.22. The first-order chi connectivity index (χ1) is 12.4. The minimum atomic E-state index is -4.40. The van der Waals surface area contributed by atoms with E-state index in [2.05, 4.69) is 41.5 Å². The van der Waals surface area contributed by atoms with Crippen molar-refractivity contribution in [1.29, 1.82) is 0 Å². The number of nitrogens with zero attached hydrogens (tertiary/aromatic N) is 3. The fraction of sp³-hybridized carbons (Fsp3) is 0.118. The van der Waals surface area contributed by atoms with Gasteiger partial charge < -0.3 is 10.6 Å². The number of pyridine rings is 1. The summed E-state index contributed by atoms with van der Waals surface area (Å²) in [5, 5.41) is 5.88. The summed E-state index contributed by atoms with van der Waals surface area (Å²) in [6, 6.07) is 8.70. The minimum Gasteiger partial charge on any atom is -0.357 e. The van der Waals surface area contributed by atoms with E-state index in [0.717, 1.165) is 17.7 Å². The Hall–Kier alpha value is -2.68. The van der Waals surface area contributed by atoms with Crippen LogP contribution in [0.25, 0.3) is 11.3 Å². The number of halogens is 4. The van der Waals surface area contributed by atoms with Gasteiger partial charge in [0.05, 0.1) is 16.9 Å². The normalized spacial score (nSPS) is 11.3. The Labute approximate surface area is 155 Å². The third kappa shape index (κ3) is 4.10. The fourth-order valence-corrected chi connectivity index (χ4v) is 2.70. The summed E-state index contributed by atoms with van der Waals surface area (Å²) < 4.78 is 38.7. The number of aromatic nitrogens is 3. The number of nitrogens with one attached hydrogen (secondary N) is 2. The zero-order chi connectivity index (χ0) is 18.7. The molecule has 0 amide bonds. The summed E-state index contributed by atoms with van der Waals surface area (Å²) in [7, 11) is 1.68. The molecule has 0 aliphatic heterocycles. The van der Waals surface area contributed by atoms with Gasteiger partial charge in [-0.2, -0.15) is 18.2 Å². The lowest BCUT2D eigenvalue weighted by Gasteiger charge is -2.13. The third-order valence-corrected chi connectivity index (χ3v) is 4.14. The molecule has 5 nitrogen and oxygen atoms in total. The largest absolute Gasteiger partial charge is 0.416 e. The lowest BCUT2D eigenvalue weighted by molar-refractivity contribution is -0.137. The molecule has 0 radical (unpaired) electrons. The van der Waals surface area contributed by atoms with Crippen LogP contribution in [0, 0.1) is 0 Å². The molecule has 0 atom stereocenters. The molecule has 0 saturated heterocycles. The van der Waals surface area contributed by atoms with Gasteiger partial charge in [0.15, 0.2) is 0 Å². The second-order valence-corrected chi connectivity index (χ2v) is 6.12. The van der Waals surface area contributed by atoms with Gasteiger partial charge in [-0.3, -0.25) is 4.98 Å². The van der Waals surface area contributed by atoms with Crippen molar-refractivity contribution in [2.75, 3.05) is 17.7 Å². The van der Waals surface area contributed by atoms with Crippen LogP contribution in [0.4, 0.5) is 30.6 Å². The highest BCUT2D eigenvalue weighted by atomic mass is 79.9. The van der Waals surface area contributed by atoms with E-state index in [1.54, 1.807) is 37.6 Å². The predicted molar refractivity (Wildman–Crippen MR) is 97.2 cm³/mol. The van der Waals surface area contributed by atoms with Crippen molar-refractivity contribution in [1.82, 2.24) is 15.0 Å². The first-order valence-electron chi connectivity index (χ1n) is 7.48. The van der Waals surface area contributed by atoms with E-state index in [-0.39, 0.29) is 4.47 Å². The smallest absolute Gasteiger partial charge is 0.357 e. The first kappa shape index (κ1) is 18.1. The van der Waals surface area contributed by atoms with Crippen LogP contribution in [0.5, 0.6) is 0 Å². The standard InChI is InChI=1S/C17H13BrF3N5/c1-22-16-25-14(10-4-6-23-7-5-10)9-15(26-16)24-13-3-2-11(8-12(13)18)17(19,20)21/h2-9H,1H3,(H2,22,24,25,26). The molecule has 0 saturated carbocycles. The molecule has 2 heterocycles. The van der Waals surface area contributed by atoms with E-state index in [4.69, 9.17) is 0 Å². The SMILES string of the molecule is CNc1nc(Nc2ccc(C(F)(F)F)cc2Br)cc(-c2ccncc2)n1. The van der Waals surface area contributed by atoms with Gasteiger partial charge in [-0.25, -0.2) is 4.98 Å². The number of hydrogen-bond donors (Lipinski definition) is 2. The number of hydrogen-bond acceptors (Lipinski definition) is 5. The van der Waals surface area contributed by atoms with Gasteiger partial charge in [0.2, 0.25) is 5.95 Å². The van der Waals surface area contributed by atoms with E-state index in [9.17, 15) is 13.2 Å². The molecule has 3 rings (SSSR count). The topological polar surface area (TPSA) is 62.7 Å². The fourth-order valence-electron chi connectivity index (χ4n) is 2.22. The Balaban J connectivity index is 1.95. The molecule has 26 heavy (non-hydrogen) atoms. The van der Waals surface area contributed by atoms with Crippen molar-refractivity contribution in [2.24, 2.45) is 0 Å². The van der Waals surface area contributed by atoms with Crippen LogP contribution in [-0.2, 0) is 6.18 Å². The Bertz CT molecular complexity index is 916. The van der Waals surface area contributed by atoms with Crippen LogP contribution >= 0.6 is 15.9 Å². The summed E-state index contributed by atoms with van der Waals surface area (Å²) in [6.07, 6.45) is -1.10. The Morgan fingerprint density at radius 2 is 1.73 bits per heavy atom. The van der Waals surface area contributed by atoms with Gasteiger partial charge >= 0.3 is 6.18 Å². The van der Waals surface area contributed by atoms with Crippen LogP contribution < -0.4 is 10.6 Å². The second-order valence-electron chi connectivity index (χ2n) is 5.27. The van der Waals surface area contributed by atoms with Gasteiger partial charge in [0.1, 0.15) is 5.82 Å². The van der Waals surface area contributed by atoms with E-state index in [1.165, 1.54) is 6.07 Å². The van der Waals surface area contributed by atoms with Crippen molar-refractivity contribution in [3.8, 4) is 11.3 Å². The summed E-state index contributed by atoms with van der Waals surface area (Å²) in [4.78, 5) is 12.6. The van der Waals surface area contributed by atoms with Gasteiger partial charge in [-0.1, -0.05) is 0 Å². The van der Waals surface area contributed by atoms with E-state index in [0.29, 0.717) is 23.1 Å². The molecule has 0 fully saturated rings. The van der Waals surface area contributed by atoms with Gasteiger partial charge in [-0.05, 0) is 46.3 Å². The Morgan fingerprint density at radius 3 is 2.35 bits per heavy atom. The van der Waals surface area contributed by atoms with E-state index < -0.39 is 11.7 Å². The molecule has 2 N–H and O–H groups in total. The highest BCUT2D eigenvalue weighted by molar-refractivity contribution is 9.10. The lowest BCUT2D eigenvalue weighted by Crippen LogP contribution is -2.06. The summed E-state index contributed by atoms with van der Waals surface area (Å²) in [6.45, 7) is 0. The predicted octanol–water partition coefficient (Wildman–Crippen LogP) is 5.11. The van der Waals surface area contributed by atoms with E-state index in [1.807, 2.05) is 0 Å². The molecule has 0 aliphatic carbocycles. The van der Waals surface area contributed by atoms with Gasteiger partial charge in [0.25, 0.3) is 0 Å². The van der Waals surface area contributed by atoms with Crippen molar-refractivity contribution >= 4 is 33.4 Å². The summed E-state index contributed by atoms with van der Waals surface area (Å²) >= 11 is 3.17. The van der Waals surface area contributed by atoms with E-state index >= 15 is 0 Å². The molecule has 0 unspecified atom stereocenters. The highest BCUT2D eigenvalue weighted by Gasteiger charge is 2.30. The molecule has 2 aromatic heterocycles. The molecule has 0 aliphatic rings. The maximum Gasteiger partial charge on any atom is 0.416 e. The van der Waals surface area contributed by atoms with Crippen molar-refractivity contribution in [2.45, 2.75) is 6.18 Å². The zero-order valence-electron chi connectivity index (χ0n) is 13.5. The van der Waals surface area contributed by atoms with Gasteiger partial charge in [0, 0.05) is 35.5 Å². The average molecular weight is 424 g/mol. The molecule has 0 spiro atoms. The number of anilines is 3. The molecular formula is C17H13BrF3N5. The lowest BCUT2D eigenvalue weighted by atomic mass is 10.2. The first-order valence-corrected chi connectivity index (χ1v) is 8.27. The van der Waals surface area contributed by atoms with Crippen molar-refractivity contribution in [3.63, 3.8) is 0 Å². The number of rotatable bonds is 4. The van der Waals surface area contributed by atoms with Gasteiger partial charge in [-0.15, -0.1) is 0 Å². The maximum absolute atomic E-state index is 12.8. The number of benzene rings is 1. The summed E-state index contributed by atoms with van der Waals surface area (Å²) in [5.74, 6) is 0.821. The Kier molecular flexibility index (Phi) is 5.08. The third-order valence-electron chi connectivity index (χ3n) is 3.48. The molecule has 9 heteroatoms. The van der Waals surface area contributed by atoms with Crippen LogP contribution in [0.3, 0.4) is 0 Å². The zero-order valence-corrected chi connectivity index (χ0v) is 15.1. The Morgan fingerprint density at radius 1 is 1.00 bits per heavy atom. The molecule has 0 bridgehead atoms. The average Bonchev–Trinajstić information content (AvgIpc) is 2.63. The van der Waals surface area contributed by atoms with Crippen LogP contribution in [0.1, 0.15) is 5.56 Å². The molecule has 134 valence electrons. The maximum atomic E-state index is 12.8. The number of alkyl halides is 3. The highest BCUT2D eigenvalue weighted by Crippen LogP contribution is 2.35. The minimum absolute atomic E-state index is 0.280. The van der Waals surface area contributed by atoms with Crippen LogP contribution in [0.2, 0.25) is 0 Å². The van der Waals surface area contributed by atoms with Crippen molar-refractivity contribution < 1.29 is 13.2 Å². The second kappa shape index (κ2) is 7.28. The van der Waals surface area contributed by atoms with Crippen LogP contribution in [-0.4, -0.2) is 22.0 Å². The van der Waals surface area contributed by atoms with Crippen molar-refractivity contribution in [3.05, 3.63) is 58.8 Å². The molecule has 1 aromatic carbocycles. The quantitative estimate of drug-likeness (QED) is 0.610. The monoisotopic (exact) mass is 423 g/mol. The van der Waals surface area contributed by atoms with Crippen LogP contribution in [0.15, 0.2) is 53.3 Å².